The quantitative estimate of drug-likeness (QED) is 0.537. The predicted molar refractivity (Wildman–Crippen MR) is 72.8 cm³/mol. The number of aryl methyl sites for hydroxylation is 1. The molecule has 0 saturated carbocycles. The van der Waals surface area contributed by atoms with Gasteiger partial charge in [-0.2, -0.15) is 8.78 Å². The number of alkyl halides is 5. The highest BCUT2D eigenvalue weighted by molar-refractivity contribution is 9.10. The Morgan fingerprint density at radius 1 is 1.33 bits per heavy atom. The number of hydrogen-bond donors (Lipinski definition) is 0. The van der Waals surface area contributed by atoms with E-state index < -0.39 is 24.7 Å². The molecule has 0 radical (unpaired) electrons. The van der Waals surface area contributed by atoms with Gasteiger partial charge in [-0.15, -0.1) is 11.6 Å². The summed E-state index contributed by atoms with van der Waals surface area (Å²) < 4.78 is 65.9. The average Bonchev–Trinajstić information content (AvgIpc) is 2.68. The third-order valence-electron chi connectivity index (χ3n) is 2.88. The van der Waals surface area contributed by atoms with Gasteiger partial charge in [-0.05, 0) is 22.0 Å². The summed E-state index contributed by atoms with van der Waals surface area (Å²) in [5, 5.41) is 0. The van der Waals surface area contributed by atoms with Crippen LogP contribution in [0, 0.1) is 5.82 Å². The molecule has 0 atom stereocenters. The van der Waals surface area contributed by atoms with E-state index in [9.17, 15) is 22.0 Å². The highest BCUT2D eigenvalue weighted by Crippen LogP contribution is 2.30. The Morgan fingerprint density at radius 2 is 2.00 bits per heavy atom. The average molecular weight is 392 g/mol. The van der Waals surface area contributed by atoms with E-state index in [1.807, 2.05) is 0 Å². The first-order chi connectivity index (χ1) is 9.76. The van der Waals surface area contributed by atoms with Crippen molar-refractivity contribution in [3.63, 3.8) is 0 Å². The Morgan fingerprint density at radius 3 is 2.57 bits per heavy atom. The maximum absolute atomic E-state index is 13.5. The number of nitrogens with zero attached hydrogens (tertiary/aromatic N) is 2. The van der Waals surface area contributed by atoms with E-state index in [1.54, 1.807) is 0 Å². The standard InChI is InChI=1S/C12H9BrClF5N2/c13-6-3-9-8(4-7(6)15)20-10(1-2-14)21(9)5-12(18,19)11(16)17/h3-4,11H,1-2,5H2. The number of rotatable bonds is 5. The van der Waals surface area contributed by atoms with Gasteiger partial charge in [0.1, 0.15) is 11.6 Å². The molecule has 0 aliphatic heterocycles. The molecule has 2 aromatic rings. The predicted octanol–water partition coefficient (Wildman–Crippen LogP) is 4.62. The first kappa shape index (κ1) is 16.5. The molecule has 0 saturated heterocycles. The second-order valence-corrected chi connectivity index (χ2v) is 5.60. The van der Waals surface area contributed by atoms with E-state index in [1.165, 1.54) is 6.07 Å². The third kappa shape index (κ3) is 3.31. The summed E-state index contributed by atoms with van der Waals surface area (Å²) in [5.41, 5.74) is 0.254. The lowest BCUT2D eigenvalue weighted by Crippen LogP contribution is -2.32. The molecule has 0 aliphatic rings. The van der Waals surface area contributed by atoms with Crippen LogP contribution in [0.4, 0.5) is 22.0 Å². The molecule has 0 fully saturated rings. The Hall–Kier alpha value is -0.890. The zero-order valence-electron chi connectivity index (χ0n) is 10.4. The molecule has 2 rings (SSSR count). The molecule has 9 heteroatoms. The van der Waals surface area contributed by atoms with E-state index in [0.29, 0.717) is 0 Å². The first-order valence-corrected chi connectivity index (χ1v) is 7.15. The molecule has 0 bridgehead atoms. The molecule has 0 amide bonds. The maximum atomic E-state index is 13.5. The van der Waals surface area contributed by atoms with Gasteiger partial charge in [-0.1, -0.05) is 0 Å². The number of benzene rings is 1. The van der Waals surface area contributed by atoms with Crippen LogP contribution in [0.5, 0.6) is 0 Å². The van der Waals surface area contributed by atoms with Gasteiger partial charge in [0, 0.05) is 18.4 Å². The second-order valence-electron chi connectivity index (χ2n) is 4.37. The Labute approximate surface area is 130 Å². The minimum atomic E-state index is -4.21. The Bertz CT molecular complexity index is 659. The molecular formula is C12H9BrClF5N2. The smallest absolute Gasteiger partial charge is 0.322 e. The van der Waals surface area contributed by atoms with Crippen LogP contribution in [0.15, 0.2) is 16.6 Å². The fourth-order valence-electron chi connectivity index (χ4n) is 1.90. The van der Waals surface area contributed by atoms with Gasteiger partial charge < -0.3 is 4.57 Å². The lowest BCUT2D eigenvalue weighted by Gasteiger charge is -2.18. The molecule has 1 aromatic heterocycles. The topological polar surface area (TPSA) is 17.8 Å². The van der Waals surface area contributed by atoms with Crippen LogP contribution < -0.4 is 0 Å². The molecule has 1 heterocycles. The summed E-state index contributed by atoms with van der Waals surface area (Å²) in [6.07, 6.45) is -3.70. The van der Waals surface area contributed by atoms with E-state index >= 15 is 0 Å². The highest BCUT2D eigenvalue weighted by Gasteiger charge is 2.42. The van der Waals surface area contributed by atoms with Gasteiger partial charge in [0.15, 0.2) is 0 Å². The van der Waals surface area contributed by atoms with Crippen molar-refractivity contribution in [2.45, 2.75) is 25.3 Å². The normalized spacial score (nSPS) is 12.6. The minimum absolute atomic E-state index is 0.0361. The van der Waals surface area contributed by atoms with Crippen LogP contribution in [0.25, 0.3) is 11.0 Å². The van der Waals surface area contributed by atoms with Crippen LogP contribution in [-0.2, 0) is 13.0 Å². The van der Waals surface area contributed by atoms with Gasteiger partial charge >= 0.3 is 12.3 Å². The number of hydrogen-bond acceptors (Lipinski definition) is 1. The van der Waals surface area contributed by atoms with Crippen molar-refractivity contribution < 1.29 is 22.0 Å². The molecule has 116 valence electrons. The zero-order valence-corrected chi connectivity index (χ0v) is 12.7. The molecule has 2 nitrogen and oxygen atoms in total. The summed E-state index contributed by atoms with van der Waals surface area (Å²) in [4.78, 5) is 3.99. The van der Waals surface area contributed by atoms with Crippen LogP contribution in [-0.4, -0.2) is 27.8 Å². The Kier molecular flexibility index (Phi) is 4.77. The Balaban J connectivity index is 2.58. The molecule has 0 unspecified atom stereocenters. The third-order valence-corrected chi connectivity index (χ3v) is 3.67. The molecule has 0 aliphatic carbocycles. The van der Waals surface area contributed by atoms with Crippen LogP contribution >= 0.6 is 27.5 Å². The molecule has 1 aromatic carbocycles. The number of aromatic nitrogens is 2. The summed E-state index contributed by atoms with van der Waals surface area (Å²) in [5.74, 6) is -4.65. The van der Waals surface area contributed by atoms with E-state index in [0.717, 1.165) is 10.6 Å². The van der Waals surface area contributed by atoms with E-state index in [2.05, 4.69) is 20.9 Å². The fourth-order valence-corrected chi connectivity index (χ4v) is 2.40. The van der Waals surface area contributed by atoms with Gasteiger partial charge in [-0.3, -0.25) is 0 Å². The molecule has 0 N–H and O–H groups in total. The van der Waals surface area contributed by atoms with E-state index in [4.69, 9.17) is 11.6 Å². The summed E-state index contributed by atoms with van der Waals surface area (Å²) >= 11 is 8.49. The van der Waals surface area contributed by atoms with Crippen molar-refractivity contribution in [3.8, 4) is 0 Å². The maximum Gasteiger partial charge on any atom is 0.324 e. The highest BCUT2D eigenvalue weighted by atomic mass is 79.9. The second kappa shape index (κ2) is 6.08. The zero-order chi connectivity index (χ0) is 15.8. The van der Waals surface area contributed by atoms with Crippen LogP contribution in [0.3, 0.4) is 0 Å². The SMILES string of the molecule is Fc1cc2nc(CCCl)n(CC(F)(F)C(F)F)c2cc1Br. The van der Waals surface area contributed by atoms with Crippen molar-refractivity contribution in [2.75, 3.05) is 5.88 Å². The van der Waals surface area contributed by atoms with Gasteiger partial charge in [-0.25, -0.2) is 18.2 Å². The van der Waals surface area contributed by atoms with E-state index in [-0.39, 0.29) is 33.6 Å². The lowest BCUT2D eigenvalue weighted by atomic mass is 10.3. The van der Waals surface area contributed by atoms with Crippen molar-refractivity contribution >= 4 is 38.6 Å². The molecule has 21 heavy (non-hydrogen) atoms. The lowest BCUT2D eigenvalue weighted by molar-refractivity contribution is -0.137. The summed E-state index contributed by atoms with van der Waals surface area (Å²) in [6.45, 7) is -1.24. The van der Waals surface area contributed by atoms with Crippen LogP contribution in [0.2, 0.25) is 0 Å². The molecule has 0 spiro atoms. The largest absolute Gasteiger partial charge is 0.324 e. The first-order valence-electron chi connectivity index (χ1n) is 5.82. The molecular weight excluding hydrogens is 382 g/mol. The fraction of sp³-hybridized carbons (Fsp3) is 0.417. The van der Waals surface area contributed by atoms with Crippen molar-refractivity contribution in [1.29, 1.82) is 0 Å². The summed E-state index contributed by atoms with van der Waals surface area (Å²) in [7, 11) is 0. The van der Waals surface area contributed by atoms with Gasteiger partial charge in [0.2, 0.25) is 0 Å². The van der Waals surface area contributed by atoms with Crippen molar-refractivity contribution in [1.82, 2.24) is 9.55 Å². The van der Waals surface area contributed by atoms with Gasteiger partial charge in [0.25, 0.3) is 0 Å². The number of fused-ring (bicyclic) bond motifs is 1. The monoisotopic (exact) mass is 390 g/mol. The van der Waals surface area contributed by atoms with Crippen molar-refractivity contribution in [2.24, 2.45) is 0 Å². The summed E-state index contributed by atoms with van der Waals surface area (Å²) in [6, 6.07) is 2.28. The van der Waals surface area contributed by atoms with Crippen LogP contribution in [0.1, 0.15) is 5.82 Å². The van der Waals surface area contributed by atoms with Crippen molar-refractivity contribution in [3.05, 3.63) is 28.2 Å². The number of imidazole rings is 1. The van der Waals surface area contributed by atoms with Gasteiger partial charge in [0.05, 0.1) is 22.1 Å². The number of halogens is 7. The minimum Gasteiger partial charge on any atom is -0.322 e.